The van der Waals surface area contributed by atoms with Crippen molar-refractivity contribution < 1.29 is 13.2 Å². The molecule has 0 aromatic heterocycles. The fourth-order valence-corrected chi connectivity index (χ4v) is 3.00. The van der Waals surface area contributed by atoms with Crippen molar-refractivity contribution in [2.75, 3.05) is 25.1 Å². The number of sulfone groups is 1. The van der Waals surface area contributed by atoms with E-state index in [4.69, 9.17) is 0 Å². The van der Waals surface area contributed by atoms with E-state index in [0.29, 0.717) is 12.5 Å². The second-order valence-electron chi connectivity index (χ2n) is 4.74. The van der Waals surface area contributed by atoms with Crippen LogP contribution in [0.2, 0.25) is 0 Å². The van der Waals surface area contributed by atoms with Crippen LogP contribution in [0.15, 0.2) is 0 Å². The average molecular weight is 248 g/mol. The third-order valence-electron chi connectivity index (χ3n) is 2.80. The van der Waals surface area contributed by atoms with Gasteiger partial charge in [0.05, 0.1) is 11.7 Å². The van der Waals surface area contributed by atoms with Crippen LogP contribution in [-0.2, 0) is 14.6 Å². The number of carbonyl (C=O) groups excluding carboxylic acids is 1. The second kappa shape index (κ2) is 5.14. The fraction of sp³-hybridized carbons (Fsp3) is 0.900. The zero-order valence-corrected chi connectivity index (χ0v) is 10.8. The number of rotatable bonds is 4. The normalized spacial score (nSPS) is 27.7. The smallest absolute Gasteiger partial charge is 0.224 e. The molecule has 1 aliphatic heterocycles. The monoisotopic (exact) mass is 248 g/mol. The third-order valence-corrected chi connectivity index (χ3v) is 3.90. The Labute approximate surface area is 96.9 Å². The maximum Gasteiger partial charge on any atom is 0.224 e. The number of carbonyl (C=O) groups is 1. The van der Waals surface area contributed by atoms with E-state index >= 15 is 0 Å². The minimum atomic E-state index is -3.04. The summed E-state index contributed by atoms with van der Waals surface area (Å²) in [7, 11) is -3.04. The van der Waals surface area contributed by atoms with Crippen molar-refractivity contribution in [1.29, 1.82) is 0 Å². The van der Waals surface area contributed by atoms with Gasteiger partial charge in [0.1, 0.15) is 9.84 Å². The van der Waals surface area contributed by atoms with Gasteiger partial charge in [-0.3, -0.25) is 4.79 Å². The topological polar surface area (TPSA) is 75.3 Å². The highest BCUT2D eigenvalue weighted by molar-refractivity contribution is 7.90. The minimum absolute atomic E-state index is 0.00668. The van der Waals surface area contributed by atoms with Gasteiger partial charge < -0.3 is 10.6 Å². The van der Waals surface area contributed by atoms with Gasteiger partial charge in [-0.25, -0.2) is 8.42 Å². The summed E-state index contributed by atoms with van der Waals surface area (Å²) in [5.74, 6) is 0.217. The first-order valence-electron chi connectivity index (χ1n) is 5.48. The lowest BCUT2D eigenvalue weighted by atomic mass is 9.97. The molecular weight excluding hydrogens is 228 g/mol. The van der Waals surface area contributed by atoms with Gasteiger partial charge in [0.2, 0.25) is 5.91 Å². The van der Waals surface area contributed by atoms with Crippen molar-refractivity contribution in [3.8, 4) is 0 Å². The molecule has 1 rings (SSSR count). The van der Waals surface area contributed by atoms with Crippen LogP contribution in [0.1, 0.15) is 13.8 Å². The Kier molecular flexibility index (Phi) is 4.32. The molecule has 0 saturated carbocycles. The number of hydrogen-bond donors (Lipinski definition) is 2. The Morgan fingerprint density at radius 1 is 1.50 bits per heavy atom. The van der Waals surface area contributed by atoms with Gasteiger partial charge >= 0.3 is 0 Å². The van der Waals surface area contributed by atoms with E-state index in [0.717, 1.165) is 6.54 Å². The third kappa shape index (κ3) is 4.09. The molecule has 0 bridgehead atoms. The van der Waals surface area contributed by atoms with Crippen LogP contribution >= 0.6 is 0 Å². The van der Waals surface area contributed by atoms with Gasteiger partial charge in [-0.2, -0.15) is 0 Å². The van der Waals surface area contributed by atoms with Crippen molar-refractivity contribution >= 4 is 15.7 Å². The Hall–Kier alpha value is -0.620. The fourth-order valence-electron chi connectivity index (χ4n) is 2.01. The zero-order chi connectivity index (χ0) is 12.3. The van der Waals surface area contributed by atoms with Crippen molar-refractivity contribution in [2.45, 2.75) is 19.9 Å². The number of amides is 1. The largest absolute Gasteiger partial charge is 0.352 e. The lowest BCUT2D eigenvalue weighted by molar-refractivity contribution is -0.125. The predicted octanol–water partition coefficient (Wildman–Crippen LogP) is -0.609. The van der Waals surface area contributed by atoms with Gasteiger partial charge in [-0.05, 0) is 19.4 Å². The van der Waals surface area contributed by atoms with Crippen LogP contribution in [0.4, 0.5) is 0 Å². The van der Waals surface area contributed by atoms with E-state index < -0.39 is 9.84 Å². The Morgan fingerprint density at radius 2 is 2.12 bits per heavy atom. The Bertz CT molecular complexity index is 353. The molecule has 1 heterocycles. The van der Waals surface area contributed by atoms with Crippen molar-refractivity contribution in [2.24, 2.45) is 11.8 Å². The van der Waals surface area contributed by atoms with E-state index in [1.54, 1.807) is 6.92 Å². The molecule has 3 atom stereocenters. The molecule has 6 heteroatoms. The van der Waals surface area contributed by atoms with Crippen molar-refractivity contribution in [3.63, 3.8) is 0 Å². The highest BCUT2D eigenvalue weighted by Gasteiger charge is 2.30. The molecule has 0 aliphatic carbocycles. The molecular formula is C10H20N2O3S. The summed E-state index contributed by atoms with van der Waals surface area (Å²) in [6, 6.07) is -0.324. The average Bonchev–Trinajstić information content (AvgIpc) is 2.47. The van der Waals surface area contributed by atoms with Crippen LogP contribution in [0, 0.1) is 11.8 Å². The molecule has 0 radical (unpaired) electrons. The molecule has 1 aliphatic rings. The van der Waals surface area contributed by atoms with E-state index in [9.17, 15) is 13.2 Å². The van der Waals surface area contributed by atoms with E-state index in [1.165, 1.54) is 6.26 Å². The van der Waals surface area contributed by atoms with Gasteiger partial charge in [-0.1, -0.05) is 6.92 Å². The molecule has 2 N–H and O–H groups in total. The second-order valence-corrected chi connectivity index (χ2v) is 6.93. The number of nitrogens with one attached hydrogen (secondary N) is 2. The summed E-state index contributed by atoms with van der Waals surface area (Å²) >= 11 is 0. The van der Waals surface area contributed by atoms with Crippen molar-refractivity contribution in [1.82, 2.24) is 10.6 Å². The predicted molar refractivity (Wildman–Crippen MR) is 62.8 cm³/mol. The molecule has 94 valence electrons. The van der Waals surface area contributed by atoms with Gasteiger partial charge in [0.25, 0.3) is 0 Å². The highest BCUT2D eigenvalue weighted by atomic mass is 32.2. The van der Waals surface area contributed by atoms with Crippen LogP contribution in [0.25, 0.3) is 0 Å². The molecule has 1 fully saturated rings. The molecule has 1 saturated heterocycles. The van der Waals surface area contributed by atoms with Crippen LogP contribution in [-0.4, -0.2) is 45.5 Å². The maximum absolute atomic E-state index is 11.8. The first-order chi connectivity index (χ1) is 7.29. The first kappa shape index (κ1) is 13.4. The van der Waals surface area contributed by atoms with Gasteiger partial charge in [-0.15, -0.1) is 0 Å². The maximum atomic E-state index is 11.8. The molecule has 0 aromatic carbocycles. The Morgan fingerprint density at radius 3 is 2.56 bits per heavy atom. The summed E-state index contributed by atoms with van der Waals surface area (Å²) < 4.78 is 22.1. The van der Waals surface area contributed by atoms with Gasteiger partial charge in [0, 0.05) is 18.8 Å². The summed E-state index contributed by atoms with van der Waals surface area (Å²) in [5.41, 5.74) is 0. The van der Waals surface area contributed by atoms with Crippen LogP contribution in [0.3, 0.4) is 0 Å². The standard InChI is InChI=1S/C10H20N2O3S/c1-7-4-11-5-9(7)10(13)12-8(2)6-16(3,14)15/h7-9,11H,4-6H2,1-3H3,(H,12,13). The summed E-state index contributed by atoms with van der Waals surface area (Å²) in [6.45, 7) is 5.26. The Balaban J connectivity index is 2.45. The van der Waals surface area contributed by atoms with Gasteiger partial charge in [0.15, 0.2) is 0 Å². The molecule has 0 aromatic rings. The lowest BCUT2D eigenvalue weighted by Crippen LogP contribution is -2.42. The van der Waals surface area contributed by atoms with Crippen LogP contribution < -0.4 is 10.6 Å². The molecule has 0 spiro atoms. The van der Waals surface area contributed by atoms with Crippen molar-refractivity contribution in [3.05, 3.63) is 0 Å². The minimum Gasteiger partial charge on any atom is -0.352 e. The van der Waals surface area contributed by atoms with E-state index in [2.05, 4.69) is 10.6 Å². The summed E-state index contributed by atoms with van der Waals surface area (Å²) in [4.78, 5) is 11.8. The highest BCUT2D eigenvalue weighted by Crippen LogP contribution is 2.15. The molecule has 5 nitrogen and oxygen atoms in total. The SMILES string of the molecule is CC(CS(C)(=O)=O)NC(=O)C1CNCC1C. The molecule has 16 heavy (non-hydrogen) atoms. The zero-order valence-electron chi connectivity index (χ0n) is 9.99. The number of hydrogen-bond acceptors (Lipinski definition) is 4. The summed E-state index contributed by atoms with van der Waals surface area (Å²) in [5, 5.41) is 5.90. The van der Waals surface area contributed by atoms with Crippen LogP contribution in [0.5, 0.6) is 0 Å². The van der Waals surface area contributed by atoms with E-state index in [1.807, 2.05) is 6.92 Å². The molecule has 1 amide bonds. The first-order valence-corrected chi connectivity index (χ1v) is 7.54. The lowest BCUT2D eigenvalue weighted by Gasteiger charge is -2.18. The van der Waals surface area contributed by atoms with E-state index in [-0.39, 0.29) is 23.6 Å². The molecule has 3 unspecified atom stereocenters. The summed E-state index contributed by atoms with van der Waals surface area (Å²) in [6.07, 6.45) is 1.18. The quantitative estimate of drug-likeness (QED) is 0.696.